The number of aryl methyl sites for hydroxylation is 1. The zero-order valence-electron chi connectivity index (χ0n) is 12.4. The van der Waals surface area contributed by atoms with E-state index in [9.17, 15) is 5.11 Å². The lowest BCUT2D eigenvalue weighted by molar-refractivity contribution is 0.266. The molecule has 0 aliphatic heterocycles. The molecule has 4 heteroatoms. The van der Waals surface area contributed by atoms with E-state index < -0.39 is 0 Å². The first-order chi connectivity index (χ1) is 8.82. The molecular formula is C15H27NO3. The van der Waals surface area contributed by atoms with Crippen LogP contribution in [0, 0.1) is 6.92 Å². The highest BCUT2D eigenvalue weighted by atomic mass is 16.3. The van der Waals surface area contributed by atoms with Gasteiger partial charge in [-0.2, -0.15) is 0 Å². The van der Waals surface area contributed by atoms with Crippen molar-refractivity contribution in [2.24, 2.45) is 0 Å². The van der Waals surface area contributed by atoms with Crippen molar-refractivity contribution in [3.63, 3.8) is 0 Å². The van der Waals surface area contributed by atoms with Crippen LogP contribution in [0.25, 0.3) is 0 Å². The zero-order chi connectivity index (χ0) is 14.9. The Morgan fingerprint density at radius 2 is 1.58 bits per heavy atom. The van der Waals surface area contributed by atoms with Gasteiger partial charge in [0.1, 0.15) is 5.75 Å². The predicted molar refractivity (Wildman–Crippen MR) is 78.6 cm³/mol. The molecule has 1 rings (SSSR count). The quantitative estimate of drug-likeness (QED) is 0.626. The molecule has 0 aromatic heterocycles. The first kappa shape index (κ1) is 17.9. The molecule has 1 aromatic rings. The Bertz CT molecular complexity index is 355. The molecule has 0 saturated carbocycles. The number of aromatic hydroxyl groups is 1. The van der Waals surface area contributed by atoms with E-state index in [0.717, 1.165) is 5.56 Å². The molecule has 0 atom stereocenters. The van der Waals surface area contributed by atoms with Crippen LogP contribution in [0.3, 0.4) is 0 Å². The van der Waals surface area contributed by atoms with Crippen molar-refractivity contribution in [3.05, 3.63) is 29.3 Å². The third kappa shape index (κ3) is 7.82. The van der Waals surface area contributed by atoms with Gasteiger partial charge in [0.25, 0.3) is 0 Å². The second-order valence-corrected chi connectivity index (χ2v) is 5.47. The molecule has 0 saturated heterocycles. The molecule has 1 aromatic carbocycles. The SMILES string of the molecule is Cc1ccc(O)c(C(C)(C)C)c1.OCCNCCO. The highest BCUT2D eigenvalue weighted by molar-refractivity contribution is 5.39. The third-order valence-electron chi connectivity index (χ3n) is 2.54. The van der Waals surface area contributed by atoms with Gasteiger partial charge in [-0.15, -0.1) is 0 Å². The minimum atomic E-state index is 0.0239. The van der Waals surface area contributed by atoms with Crippen LogP contribution in [-0.4, -0.2) is 41.6 Å². The minimum absolute atomic E-state index is 0.0239. The van der Waals surface area contributed by atoms with Gasteiger partial charge in [0.2, 0.25) is 0 Å². The number of phenols is 1. The first-order valence-corrected chi connectivity index (χ1v) is 6.55. The van der Waals surface area contributed by atoms with Crippen LogP contribution in [-0.2, 0) is 5.41 Å². The van der Waals surface area contributed by atoms with E-state index in [1.165, 1.54) is 5.56 Å². The zero-order valence-corrected chi connectivity index (χ0v) is 12.4. The van der Waals surface area contributed by atoms with Crippen LogP contribution in [0.2, 0.25) is 0 Å². The van der Waals surface area contributed by atoms with E-state index in [1.807, 2.05) is 19.1 Å². The fraction of sp³-hybridized carbons (Fsp3) is 0.600. The van der Waals surface area contributed by atoms with Gasteiger partial charge in [0.05, 0.1) is 13.2 Å². The van der Waals surface area contributed by atoms with Gasteiger partial charge < -0.3 is 20.6 Å². The van der Waals surface area contributed by atoms with E-state index in [1.54, 1.807) is 6.07 Å². The van der Waals surface area contributed by atoms with Crippen molar-refractivity contribution < 1.29 is 15.3 Å². The summed E-state index contributed by atoms with van der Waals surface area (Å²) in [5.41, 5.74) is 2.23. The van der Waals surface area contributed by atoms with Crippen LogP contribution >= 0.6 is 0 Å². The first-order valence-electron chi connectivity index (χ1n) is 6.55. The molecule has 0 spiro atoms. The monoisotopic (exact) mass is 269 g/mol. The number of aliphatic hydroxyl groups excluding tert-OH is 2. The molecule has 0 aliphatic carbocycles. The fourth-order valence-electron chi connectivity index (χ4n) is 1.53. The number of phenolic OH excluding ortho intramolecular Hbond substituents is 1. The molecule has 0 amide bonds. The highest BCUT2D eigenvalue weighted by Gasteiger charge is 2.17. The lowest BCUT2D eigenvalue weighted by Crippen LogP contribution is -2.21. The largest absolute Gasteiger partial charge is 0.508 e. The van der Waals surface area contributed by atoms with Gasteiger partial charge in [0, 0.05) is 13.1 Å². The average Bonchev–Trinajstić information content (AvgIpc) is 2.32. The predicted octanol–water partition coefficient (Wildman–Crippen LogP) is 1.56. The number of aliphatic hydroxyl groups is 2. The maximum absolute atomic E-state index is 9.57. The Morgan fingerprint density at radius 1 is 1.05 bits per heavy atom. The van der Waals surface area contributed by atoms with Crippen LogP contribution < -0.4 is 5.32 Å². The molecule has 0 radical (unpaired) electrons. The number of nitrogens with one attached hydrogen (secondary N) is 1. The standard InChI is InChI=1S/C11H16O.C4H11NO2/c1-8-5-6-10(12)9(7-8)11(2,3)4;6-3-1-5-2-4-7/h5-7,12H,1-4H3;5-7H,1-4H2. The van der Waals surface area contributed by atoms with Crippen molar-refractivity contribution >= 4 is 0 Å². The Labute approximate surface area is 116 Å². The molecule has 19 heavy (non-hydrogen) atoms. The molecular weight excluding hydrogens is 242 g/mol. The van der Waals surface area contributed by atoms with Crippen molar-refractivity contribution in [2.45, 2.75) is 33.1 Å². The molecule has 0 bridgehead atoms. The van der Waals surface area contributed by atoms with E-state index >= 15 is 0 Å². The number of hydrogen-bond acceptors (Lipinski definition) is 4. The van der Waals surface area contributed by atoms with Crippen LogP contribution in [0.5, 0.6) is 5.75 Å². The molecule has 0 fully saturated rings. The smallest absolute Gasteiger partial charge is 0.119 e. The Morgan fingerprint density at radius 3 is 1.95 bits per heavy atom. The summed E-state index contributed by atoms with van der Waals surface area (Å²) < 4.78 is 0. The molecule has 0 heterocycles. The Balaban J connectivity index is 0.000000399. The van der Waals surface area contributed by atoms with Crippen molar-refractivity contribution in [3.8, 4) is 5.75 Å². The second kappa shape index (κ2) is 8.91. The van der Waals surface area contributed by atoms with Gasteiger partial charge in [-0.25, -0.2) is 0 Å². The van der Waals surface area contributed by atoms with E-state index in [-0.39, 0.29) is 18.6 Å². The number of rotatable bonds is 4. The highest BCUT2D eigenvalue weighted by Crippen LogP contribution is 2.30. The van der Waals surface area contributed by atoms with E-state index in [0.29, 0.717) is 18.8 Å². The normalized spacial score (nSPS) is 10.8. The number of hydrogen-bond donors (Lipinski definition) is 4. The Hall–Kier alpha value is -1.10. The van der Waals surface area contributed by atoms with E-state index in [4.69, 9.17) is 10.2 Å². The maximum Gasteiger partial charge on any atom is 0.119 e. The van der Waals surface area contributed by atoms with Crippen molar-refractivity contribution in [1.82, 2.24) is 5.32 Å². The summed E-state index contributed by atoms with van der Waals surface area (Å²) in [6.45, 7) is 9.75. The summed E-state index contributed by atoms with van der Waals surface area (Å²) in [4.78, 5) is 0. The van der Waals surface area contributed by atoms with Crippen LogP contribution in [0.1, 0.15) is 31.9 Å². The summed E-state index contributed by atoms with van der Waals surface area (Å²) in [6, 6.07) is 5.72. The van der Waals surface area contributed by atoms with Crippen molar-refractivity contribution in [1.29, 1.82) is 0 Å². The minimum Gasteiger partial charge on any atom is -0.508 e. The summed E-state index contributed by atoms with van der Waals surface area (Å²) in [6.07, 6.45) is 0. The van der Waals surface area contributed by atoms with Gasteiger partial charge >= 0.3 is 0 Å². The van der Waals surface area contributed by atoms with Crippen molar-refractivity contribution in [2.75, 3.05) is 26.3 Å². The molecule has 0 unspecified atom stereocenters. The molecule has 4 N–H and O–H groups in total. The van der Waals surface area contributed by atoms with Gasteiger partial charge in [-0.1, -0.05) is 38.5 Å². The Kier molecular flexibility index (Phi) is 8.39. The second-order valence-electron chi connectivity index (χ2n) is 5.47. The van der Waals surface area contributed by atoms with Gasteiger partial charge in [-0.3, -0.25) is 0 Å². The van der Waals surface area contributed by atoms with Crippen LogP contribution in [0.4, 0.5) is 0 Å². The van der Waals surface area contributed by atoms with Crippen LogP contribution in [0.15, 0.2) is 18.2 Å². The average molecular weight is 269 g/mol. The summed E-state index contributed by atoms with van der Waals surface area (Å²) in [5.74, 6) is 0.396. The maximum atomic E-state index is 9.57. The molecule has 4 nitrogen and oxygen atoms in total. The fourth-order valence-corrected chi connectivity index (χ4v) is 1.53. The van der Waals surface area contributed by atoms with Gasteiger partial charge in [-0.05, 0) is 24.0 Å². The molecule has 0 aliphatic rings. The summed E-state index contributed by atoms with van der Waals surface area (Å²) in [7, 11) is 0. The van der Waals surface area contributed by atoms with E-state index in [2.05, 4.69) is 26.1 Å². The summed E-state index contributed by atoms with van der Waals surface area (Å²) >= 11 is 0. The number of benzene rings is 1. The molecule has 110 valence electrons. The summed E-state index contributed by atoms with van der Waals surface area (Å²) in [5, 5.41) is 28.7. The third-order valence-corrected chi connectivity index (χ3v) is 2.54. The topological polar surface area (TPSA) is 72.7 Å². The van der Waals surface area contributed by atoms with Gasteiger partial charge in [0.15, 0.2) is 0 Å². The lowest BCUT2D eigenvalue weighted by atomic mass is 9.85. The lowest BCUT2D eigenvalue weighted by Gasteiger charge is -2.20.